The van der Waals surface area contributed by atoms with Crippen molar-refractivity contribution < 1.29 is 4.74 Å². The Morgan fingerprint density at radius 1 is 1.00 bits per heavy atom. The van der Waals surface area contributed by atoms with Crippen LogP contribution in [0.15, 0.2) is 54.6 Å². The van der Waals surface area contributed by atoms with Crippen LogP contribution in [0.5, 0.6) is 5.75 Å². The zero-order valence-corrected chi connectivity index (χ0v) is 17.1. The highest BCUT2D eigenvalue weighted by molar-refractivity contribution is 5.59. The Morgan fingerprint density at radius 2 is 1.63 bits per heavy atom. The third-order valence-corrected chi connectivity index (χ3v) is 5.66. The number of benzene rings is 2. The first-order valence-electron chi connectivity index (χ1n) is 10.0. The first-order chi connectivity index (χ1) is 13.1. The van der Waals surface area contributed by atoms with E-state index >= 15 is 0 Å². The number of ether oxygens (including phenoxy) is 1. The largest absolute Gasteiger partial charge is 0.484 e. The summed E-state index contributed by atoms with van der Waals surface area (Å²) in [6, 6.07) is 20.1. The molecule has 27 heavy (non-hydrogen) atoms. The summed E-state index contributed by atoms with van der Waals surface area (Å²) in [5.41, 5.74) is 2.43. The highest BCUT2D eigenvalue weighted by Gasteiger charge is 2.28. The second kappa shape index (κ2) is 9.25. The SMILES string of the molecule is CNCCC(Oc1ccccc1N1C[C@@H](C)N(C)[C@@H](C)C1)c1ccccc1. The van der Waals surface area contributed by atoms with Crippen molar-refractivity contribution in [3.05, 3.63) is 60.2 Å². The predicted molar refractivity (Wildman–Crippen MR) is 114 cm³/mol. The van der Waals surface area contributed by atoms with Crippen LogP contribution >= 0.6 is 0 Å². The number of rotatable bonds is 7. The average molecular weight is 368 g/mol. The van der Waals surface area contributed by atoms with Crippen LogP contribution in [0.1, 0.15) is 31.9 Å². The van der Waals surface area contributed by atoms with E-state index in [4.69, 9.17) is 4.74 Å². The van der Waals surface area contributed by atoms with Crippen molar-refractivity contribution in [2.24, 2.45) is 0 Å². The molecule has 1 saturated heterocycles. The highest BCUT2D eigenvalue weighted by Crippen LogP contribution is 2.34. The number of nitrogens with zero attached hydrogens (tertiary/aromatic N) is 2. The van der Waals surface area contributed by atoms with Gasteiger partial charge in [-0.2, -0.15) is 0 Å². The molecule has 3 rings (SSSR count). The van der Waals surface area contributed by atoms with Gasteiger partial charge in [-0.25, -0.2) is 0 Å². The van der Waals surface area contributed by atoms with Crippen LogP contribution in [0.4, 0.5) is 5.69 Å². The quantitative estimate of drug-likeness (QED) is 0.802. The third-order valence-electron chi connectivity index (χ3n) is 5.66. The maximum atomic E-state index is 6.59. The van der Waals surface area contributed by atoms with E-state index in [1.807, 2.05) is 7.05 Å². The Labute approximate surface area is 164 Å². The number of para-hydroxylation sites is 2. The van der Waals surface area contributed by atoms with Crippen LogP contribution in [0.2, 0.25) is 0 Å². The van der Waals surface area contributed by atoms with Crippen LogP contribution in [-0.2, 0) is 0 Å². The van der Waals surface area contributed by atoms with E-state index in [9.17, 15) is 0 Å². The molecule has 3 atom stereocenters. The van der Waals surface area contributed by atoms with E-state index in [0.717, 1.165) is 31.8 Å². The Hall–Kier alpha value is -2.04. The molecule has 0 saturated carbocycles. The Bertz CT molecular complexity index is 694. The van der Waals surface area contributed by atoms with Crippen LogP contribution < -0.4 is 15.0 Å². The maximum absolute atomic E-state index is 6.59. The van der Waals surface area contributed by atoms with Gasteiger partial charge < -0.3 is 15.0 Å². The lowest BCUT2D eigenvalue weighted by Crippen LogP contribution is -2.55. The minimum absolute atomic E-state index is 0.0436. The van der Waals surface area contributed by atoms with E-state index in [1.165, 1.54) is 11.3 Å². The molecule has 1 aliphatic heterocycles. The van der Waals surface area contributed by atoms with Crippen LogP contribution in [-0.4, -0.2) is 50.7 Å². The van der Waals surface area contributed by atoms with Crippen molar-refractivity contribution in [1.82, 2.24) is 10.2 Å². The third kappa shape index (κ3) is 4.82. The fourth-order valence-corrected chi connectivity index (χ4v) is 3.81. The molecule has 1 N–H and O–H groups in total. The van der Waals surface area contributed by atoms with E-state index in [2.05, 4.69) is 90.6 Å². The van der Waals surface area contributed by atoms with Gasteiger partial charge in [0.05, 0.1) is 5.69 Å². The maximum Gasteiger partial charge on any atom is 0.143 e. The van der Waals surface area contributed by atoms with Crippen molar-refractivity contribution in [2.45, 2.75) is 38.5 Å². The van der Waals surface area contributed by atoms with Gasteiger partial charge in [0.2, 0.25) is 0 Å². The molecule has 0 aliphatic carbocycles. The second-order valence-electron chi connectivity index (χ2n) is 7.65. The van der Waals surface area contributed by atoms with Gasteiger partial charge in [0.25, 0.3) is 0 Å². The summed E-state index contributed by atoms with van der Waals surface area (Å²) in [5, 5.41) is 3.25. The molecule has 1 heterocycles. The van der Waals surface area contributed by atoms with Crippen LogP contribution in [0, 0.1) is 0 Å². The van der Waals surface area contributed by atoms with Gasteiger partial charge >= 0.3 is 0 Å². The molecular weight excluding hydrogens is 334 g/mol. The fraction of sp³-hybridized carbons (Fsp3) is 0.478. The summed E-state index contributed by atoms with van der Waals surface area (Å²) in [6.45, 7) is 7.56. The van der Waals surface area contributed by atoms with Crippen molar-refractivity contribution in [2.75, 3.05) is 38.6 Å². The van der Waals surface area contributed by atoms with Crippen molar-refractivity contribution in [3.63, 3.8) is 0 Å². The monoisotopic (exact) mass is 367 g/mol. The number of piperazine rings is 1. The molecule has 1 unspecified atom stereocenters. The van der Waals surface area contributed by atoms with Gasteiger partial charge in [-0.1, -0.05) is 42.5 Å². The molecule has 4 nitrogen and oxygen atoms in total. The summed E-state index contributed by atoms with van der Waals surface area (Å²) in [4.78, 5) is 4.93. The average Bonchev–Trinajstić information content (AvgIpc) is 2.70. The van der Waals surface area contributed by atoms with E-state index in [0.29, 0.717) is 12.1 Å². The summed E-state index contributed by atoms with van der Waals surface area (Å²) >= 11 is 0. The second-order valence-corrected chi connectivity index (χ2v) is 7.65. The number of hydrogen-bond acceptors (Lipinski definition) is 4. The molecule has 1 aliphatic rings. The summed E-state index contributed by atoms with van der Waals surface area (Å²) in [7, 11) is 4.21. The lowest BCUT2D eigenvalue weighted by atomic mass is 10.1. The molecule has 0 bridgehead atoms. The van der Waals surface area contributed by atoms with Crippen molar-refractivity contribution in [3.8, 4) is 5.75 Å². The van der Waals surface area contributed by atoms with E-state index in [-0.39, 0.29) is 6.10 Å². The minimum atomic E-state index is 0.0436. The minimum Gasteiger partial charge on any atom is -0.484 e. The Morgan fingerprint density at radius 3 is 2.30 bits per heavy atom. The number of anilines is 1. The summed E-state index contributed by atoms with van der Waals surface area (Å²) in [6.07, 6.45) is 0.979. The topological polar surface area (TPSA) is 27.7 Å². The summed E-state index contributed by atoms with van der Waals surface area (Å²) < 4.78 is 6.59. The van der Waals surface area contributed by atoms with Gasteiger partial charge in [-0.3, -0.25) is 4.90 Å². The van der Waals surface area contributed by atoms with Gasteiger partial charge in [0.1, 0.15) is 11.9 Å². The Kier molecular flexibility index (Phi) is 6.75. The van der Waals surface area contributed by atoms with E-state index < -0.39 is 0 Å². The van der Waals surface area contributed by atoms with Crippen LogP contribution in [0.25, 0.3) is 0 Å². The first kappa shape index (κ1) is 19.7. The highest BCUT2D eigenvalue weighted by atomic mass is 16.5. The van der Waals surface area contributed by atoms with Crippen molar-refractivity contribution in [1.29, 1.82) is 0 Å². The smallest absolute Gasteiger partial charge is 0.143 e. The predicted octanol–water partition coefficient (Wildman–Crippen LogP) is 3.95. The Balaban J connectivity index is 1.84. The van der Waals surface area contributed by atoms with Gasteiger partial charge in [0.15, 0.2) is 0 Å². The standard InChI is InChI=1S/C23H33N3O/c1-18-16-26(17-19(2)25(18)4)21-12-8-9-13-23(21)27-22(14-15-24-3)20-10-6-5-7-11-20/h5-13,18-19,22,24H,14-17H2,1-4H3/t18-,19+,22?. The molecule has 0 radical (unpaired) electrons. The molecule has 146 valence electrons. The number of nitrogens with one attached hydrogen (secondary N) is 1. The lowest BCUT2D eigenvalue weighted by Gasteiger charge is -2.44. The molecule has 4 heteroatoms. The molecule has 0 spiro atoms. The van der Waals surface area contributed by atoms with E-state index in [1.54, 1.807) is 0 Å². The molecule has 0 amide bonds. The number of likely N-dealkylation sites (N-methyl/N-ethyl adjacent to an activating group) is 1. The van der Waals surface area contributed by atoms with Gasteiger partial charge in [0, 0.05) is 31.6 Å². The summed E-state index contributed by atoms with van der Waals surface area (Å²) in [5.74, 6) is 0.978. The van der Waals surface area contributed by atoms with Crippen molar-refractivity contribution >= 4 is 5.69 Å². The molecule has 0 aromatic heterocycles. The zero-order valence-electron chi connectivity index (χ0n) is 17.1. The molecule has 2 aromatic rings. The zero-order chi connectivity index (χ0) is 19.2. The molecular formula is C23H33N3O. The lowest BCUT2D eigenvalue weighted by molar-refractivity contribution is 0.167. The van der Waals surface area contributed by atoms with Crippen LogP contribution in [0.3, 0.4) is 0 Å². The van der Waals surface area contributed by atoms with Gasteiger partial charge in [-0.15, -0.1) is 0 Å². The first-order valence-corrected chi connectivity index (χ1v) is 10.0. The molecule has 2 aromatic carbocycles. The molecule has 1 fully saturated rings. The van der Waals surface area contributed by atoms with Gasteiger partial charge in [-0.05, 0) is 52.2 Å². The fourth-order valence-electron chi connectivity index (χ4n) is 3.81. The number of hydrogen-bond donors (Lipinski definition) is 1. The normalized spacial score (nSPS) is 21.9.